The highest BCUT2D eigenvalue weighted by atomic mass is 35.5. The van der Waals surface area contributed by atoms with E-state index in [1.54, 1.807) is 4.57 Å². The third-order valence-corrected chi connectivity index (χ3v) is 6.02. The van der Waals surface area contributed by atoms with Crippen molar-refractivity contribution in [2.75, 3.05) is 11.1 Å². The fraction of sp³-hybridized carbons (Fsp3) is 0.286. The second-order valence-electron chi connectivity index (χ2n) is 6.51. The summed E-state index contributed by atoms with van der Waals surface area (Å²) in [6.07, 6.45) is 1.39. The van der Waals surface area contributed by atoms with Gasteiger partial charge in [0.1, 0.15) is 6.04 Å². The van der Waals surface area contributed by atoms with Crippen LogP contribution in [0.4, 0.5) is 11.6 Å². The SMILES string of the molecule is CCc1ccccc1NC(=O)C(CC)n1c(N)nnc1SCc1ccccc1Cl. The van der Waals surface area contributed by atoms with Crippen LogP contribution in [0.25, 0.3) is 0 Å². The number of nitrogens with two attached hydrogens (primary N) is 1. The molecule has 0 spiro atoms. The highest BCUT2D eigenvalue weighted by molar-refractivity contribution is 7.98. The number of nitrogen functional groups attached to an aromatic ring is 1. The van der Waals surface area contributed by atoms with Crippen molar-refractivity contribution in [2.24, 2.45) is 0 Å². The maximum atomic E-state index is 13.1. The largest absolute Gasteiger partial charge is 0.368 e. The van der Waals surface area contributed by atoms with Gasteiger partial charge >= 0.3 is 0 Å². The van der Waals surface area contributed by atoms with Crippen LogP contribution in [0.5, 0.6) is 0 Å². The Morgan fingerprint density at radius 3 is 2.52 bits per heavy atom. The number of para-hydroxylation sites is 1. The topological polar surface area (TPSA) is 85.8 Å². The number of carbonyl (C=O) groups is 1. The van der Waals surface area contributed by atoms with E-state index in [9.17, 15) is 4.79 Å². The van der Waals surface area contributed by atoms with Gasteiger partial charge in [-0.2, -0.15) is 0 Å². The van der Waals surface area contributed by atoms with Gasteiger partial charge < -0.3 is 11.1 Å². The summed E-state index contributed by atoms with van der Waals surface area (Å²) in [5.41, 5.74) is 8.96. The summed E-state index contributed by atoms with van der Waals surface area (Å²) >= 11 is 7.70. The van der Waals surface area contributed by atoms with Crippen molar-refractivity contribution in [3.8, 4) is 0 Å². The van der Waals surface area contributed by atoms with Crippen LogP contribution in [-0.2, 0) is 17.0 Å². The second kappa shape index (κ2) is 9.80. The molecule has 0 saturated heterocycles. The van der Waals surface area contributed by atoms with E-state index in [-0.39, 0.29) is 11.9 Å². The Labute approximate surface area is 179 Å². The molecule has 0 aliphatic rings. The Balaban J connectivity index is 1.81. The molecule has 0 bridgehead atoms. The summed E-state index contributed by atoms with van der Waals surface area (Å²) < 4.78 is 1.70. The van der Waals surface area contributed by atoms with Gasteiger partial charge in [-0.3, -0.25) is 9.36 Å². The van der Waals surface area contributed by atoms with Gasteiger partial charge in [-0.1, -0.05) is 73.6 Å². The lowest BCUT2D eigenvalue weighted by Gasteiger charge is -2.20. The van der Waals surface area contributed by atoms with E-state index in [1.165, 1.54) is 11.8 Å². The summed E-state index contributed by atoms with van der Waals surface area (Å²) in [5, 5.41) is 12.5. The zero-order valence-electron chi connectivity index (χ0n) is 16.4. The first-order valence-corrected chi connectivity index (χ1v) is 10.9. The minimum atomic E-state index is -0.511. The summed E-state index contributed by atoms with van der Waals surface area (Å²) in [4.78, 5) is 13.1. The number of amides is 1. The third-order valence-electron chi connectivity index (χ3n) is 4.66. The van der Waals surface area contributed by atoms with E-state index in [2.05, 4.69) is 22.4 Å². The Morgan fingerprint density at radius 2 is 1.83 bits per heavy atom. The number of hydrogen-bond donors (Lipinski definition) is 2. The lowest BCUT2D eigenvalue weighted by molar-refractivity contribution is -0.119. The molecule has 1 heterocycles. The van der Waals surface area contributed by atoms with Crippen LogP contribution in [0.15, 0.2) is 53.7 Å². The highest BCUT2D eigenvalue weighted by Crippen LogP contribution is 2.30. The number of aryl methyl sites for hydroxylation is 1. The molecule has 152 valence electrons. The molecular weight excluding hydrogens is 406 g/mol. The Hall–Kier alpha value is -2.51. The number of halogens is 1. The molecule has 1 atom stereocenters. The molecule has 29 heavy (non-hydrogen) atoms. The number of thioether (sulfide) groups is 1. The van der Waals surface area contributed by atoms with E-state index < -0.39 is 6.04 Å². The summed E-state index contributed by atoms with van der Waals surface area (Å²) in [5.74, 6) is 0.686. The average Bonchev–Trinajstić information content (AvgIpc) is 3.09. The lowest BCUT2D eigenvalue weighted by Crippen LogP contribution is -2.27. The number of aromatic nitrogens is 3. The normalized spacial score (nSPS) is 12.0. The van der Waals surface area contributed by atoms with E-state index in [4.69, 9.17) is 17.3 Å². The molecule has 6 nitrogen and oxygen atoms in total. The molecule has 0 fully saturated rings. The van der Waals surface area contributed by atoms with Gasteiger partial charge in [0.05, 0.1) is 0 Å². The first-order valence-electron chi connectivity index (χ1n) is 9.50. The molecule has 3 N–H and O–H groups in total. The van der Waals surface area contributed by atoms with Crippen LogP contribution < -0.4 is 11.1 Å². The summed E-state index contributed by atoms with van der Waals surface area (Å²) in [7, 11) is 0. The Kier molecular flexibility index (Phi) is 7.17. The molecule has 2 aromatic carbocycles. The molecular formula is C21H24ClN5OS. The van der Waals surface area contributed by atoms with Gasteiger partial charge in [-0.05, 0) is 36.1 Å². The van der Waals surface area contributed by atoms with Crippen LogP contribution in [0.3, 0.4) is 0 Å². The van der Waals surface area contributed by atoms with Gasteiger partial charge in [-0.25, -0.2) is 0 Å². The van der Waals surface area contributed by atoms with Gasteiger partial charge in [0.2, 0.25) is 11.9 Å². The zero-order valence-corrected chi connectivity index (χ0v) is 18.0. The first-order chi connectivity index (χ1) is 14.0. The smallest absolute Gasteiger partial charge is 0.247 e. The number of hydrogen-bond acceptors (Lipinski definition) is 5. The van der Waals surface area contributed by atoms with Gasteiger partial charge in [0.25, 0.3) is 0 Å². The standard InChI is InChI=1S/C21H24ClN5OS/c1-3-14-9-6-8-12-17(14)24-19(28)18(4-2)27-20(23)25-26-21(27)29-13-15-10-5-7-11-16(15)22/h5-12,18H,3-4,13H2,1-2H3,(H2,23,25)(H,24,28). The minimum absolute atomic E-state index is 0.139. The Morgan fingerprint density at radius 1 is 1.14 bits per heavy atom. The number of nitrogens with one attached hydrogen (secondary N) is 1. The van der Waals surface area contributed by atoms with Crippen LogP contribution >= 0.6 is 23.4 Å². The van der Waals surface area contributed by atoms with Gasteiger partial charge in [0, 0.05) is 16.5 Å². The predicted molar refractivity (Wildman–Crippen MR) is 119 cm³/mol. The fourth-order valence-electron chi connectivity index (χ4n) is 3.09. The zero-order chi connectivity index (χ0) is 20.8. The molecule has 1 aromatic heterocycles. The van der Waals surface area contributed by atoms with E-state index in [0.717, 1.165) is 23.2 Å². The molecule has 3 rings (SSSR count). The van der Waals surface area contributed by atoms with E-state index in [0.29, 0.717) is 22.4 Å². The molecule has 1 amide bonds. The number of nitrogens with zero attached hydrogens (tertiary/aromatic N) is 3. The number of rotatable bonds is 8. The second-order valence-corrected chi connectivity index (χ2v) is 7.86. The maximum Gasteiger partial charge on any atom is 0.247 e. The van der Waals surface area contributed by atoms with Gasteiger partial charge in [0.15, 0.2) is 5.16 Å². The number of anilines is 2. The van der Waals surface area contributed by atoms with Crippen LogP contribution in [0.1, 0.15) is 37.4 Å². The average molecular weight is 430 g/mol. The molecule has 3 aromatic rings. The number of benzene rings is 2. The predicted octanol–water partition coefficient (Wildman–Crippen LogP) is 4.96. The summed E-state index contributed by atoms with van der Waals surface area (Å²) in [6, 6.07) is 14.9. The molecule has 0 saturated carbocycles. The van der Waals surface area contributed by atoms with Gasteiger partial charge in [-0.15, -0.1) is 10.2 Å². The molecule has 0 radical (unpaired) electrons. The van der Waals surface area contributed by atoms with Crippen molar-refractivity contribution >= 4 is 40.9 Å². The molecule has 1 unspecified atom stereocenters. The first kappa shape index (κ1) is 21.2. The van der Waals surface area contributed by atoms with Crippen LogP contribution in [0, 0.1) is 0 Å². The van der Waals surface area contributed by atoms with Crippen molar-refractivity contribution < 1.29 is 4.79 Å². The number of carbonyl (C=O) groups excluding carboxylic acids is 1. The fourth-order valence-corrected chi connectivity index (χ4v) is 4.37. The maximum absolute atomic E-state index is 13.1. The highest BCUT2D eigenvalue weighted by Gasteiger charge is 2.25. The quantitative estimate of drug-likeness (QED) is 0.494. The van der Waals surface area contributed by atoms with Crippen molar-refractivity contribution in [3.05, 3.63) is 64.7 Å². The minimum Gasteiger partial charge on any atom is -0.368 e. The summed E-state index contributed by atoms with van der Waals surface area (Å²) in [6.45, 7) is 4.00. The van der Waals surface area contributed by atoms with E-state index in [1.807, 2.05) is 55.5 Å². The molecule has 8 heteroatoms. The van der Waals surface area contributed by atoms with Crippen molar-refractivity contribution in [1.29, 1.82) is 0 Å². The van der Waals surface area contributed by atoms with Crippen molar-refractivity contribution in [3.63, 3.8) is 0 Å². The third kappa shape index (κ3) is 4.92. The van der Waals surface area contributed by atoms with Crippen molar-refractivity contribution in [1.82, 2.24) is 14.8 Å². The molecule has 0 aliphatic heterocycles. The lowest BCUT2D eigenvalue weighted by atomic mass is 10.1. The molecule has 0 aliphatic carbocycles. The Bertz CT molecular complexity index is 991. The van der Waals surface area contributed by atoms with Crippen LogP contribution in [0.2, 0.25) is 5.02 Å². The van der Waals surface area contributed by atoms with Crippen LogP contribution in [-0.4, -0.2) is 20.7 Å². The monoisotopic (exact) mass is 429 g/mol. The van der Waals surface area contributed by atoms with E-state index >= 15 is 0 Å². The van der Waals surface area contributed by atoms with Crippen molar-refractivity contribution in [2.45, 2.75) is 43.6 Å².